The van der Waals surface area contributed by atoms with Gasteiger partial charge in [0.25, 0.3) is 0 Å². The van der Waals surface area contributed by atoms with Crippen LogP contribution in [0.1, 0.15) is 20.8 Å². The Kier molecular flexibility index (Phi) is 4.32. The number of hydrogen-bond acceptors (Lipinski definition) is 3. The zero-order valence-corrected chi connectivity index (χ0v) is 11.6. The van der Waals surface area contributed by atoms with Crippen LogP contribution in [0.4, 0.5) is 5.69 Å². The Labute approximate surface area is 120 Å². The molecule has 0 atom stereocenters. The Bertz CT molecular complexity index is 660. The number of carboxylic acids is 1. The molecular formula is C15H13NO3S. The molecule has 0 aliphatic rings. The summed E-state index contributed by atoms with van der Waals surface area (Å²) < 4.78 is 0. The van der Waals surface area contributed by atoms with Crippen LogP contribution in [-0.2, 0) is 4.79 Å². The van der Waals surface area contributed by atoms with Gasteiger partial charge in [0.1, 0.15) is 0 Å². The number of carbonyl (C=O) groups is 2. The highest BCUT2D eigenvalue weighted by Gasteiger charge is 2.08. The number of anilines is 1. The van der Waals surface area contributed by atoms with Crippen LogP contribution in [0, 0.1) is 6.92 Å². The second kappa shape index (κ2) is 6.16. The van der Waals surface area contributed by atoms with E-state index in [1.54, 1.807) is 25.1 Å². The molecule has 20 heavy (non-hydrogen) atoms. The van der Waals surface area contributed by atoms with Gasteiger partial charge in [0.2, 0.25) is 5.91 Å². The van der Waals surface area contributed by atoms with Crippen LogP contribution in [0.3, 0.4) is 0 Å². The zero-order valence-electron chi connectivity index (χ0n) is 10.8. The van der Waals surface area contributed by atoms with E-state index in [1.165, 1.54) is 23.5 Å². The fraction of sp³-hybridized carbons (Fsp3) is 0.0667. The molecular weight excluding hydrogens is 274 g/mol. The van der Waals surface area contributed by atoms with Gasteiger partial charge in [0, 0.05) is 16.6 Å². The Morgan fingerprint density at radius 3 is 2.75 bits per heavy atom. The highest BCUT2D eigenvalue weighted by molar-refractivity contribution is 7.10. The molecule has 0 aliphatic carbocycles. The van der Waals surface area contributed by atoms with Gasteiger partial charge >= 0.3 is 5.97 Å². The summed E-state index contributed by atoms with van der Waals surface area (Å²) in [7, 11) is 0. The largest absolute Gasteiger partial charge is 0.478 e. The minimum absolute atomic E-state index is 0.185. The molecule has 0 saturated heterocycles. The van der Waals surface area contributed by atoms with E-state index < -0.39 is 5.97 Å². The molecule has 0 bridgehead atoms. The summed E-state index contributed by atoms with van der Waals surface area (Å²) >= 11 is 1.54. The van der Waals surface area contributed by atoms with Crippen molar-refractivity contribution >= 4 is 35.0 Å². The lowest BCUT2D eigenvalue weighted by Gasteiger charge is -2.05. The van der Waals surface area contributed by atoms with Crippen molar-refractivity contribution in [3.63, 3.8) is 0 Å². The lowest BCUT2D eigenvalue weighted by molar-refractivity contribution is -0.111. The molecule has 2 aromatic rings. The van der Waals surface area contributed by atoms with Crippen molar-refractivity contribution in [1.29, 1.82) is 0 Å². The molecule has 1 aromatic carbocycles. The van der Waals surface area contributed by atoms with Gasteiger partial charge in [-0.25, -0.2) is 4.79 Å². The molecule has 0 saturated carbocycles. The van der Waals surface area contributed by atoms with Crippen molar-refractivity contribution in [2.45, 2.75) is 6.92 Å². The van der Waals surface area contributed by atoms with Crippen LogP contribution in [0.15, 0.2) is 41.8 Å². The molecule has 2 N–H and O–H groups in total. The molecule has 0 fully saturated rings. The van der Waals surface area contributed by atoms with E-state index in [1.807, 2.05) is 17.5 Å². The molecule has 102 valence electrons. The topological polar surface area (TPSA) is 66.4 Å². The molecule has 1 heterocycles. The third-order valence-electron chi connectivity index (χ3n) is 2.68. The van der Waals surface area contributed by atoms with Gasteiger partial charge < -0.3 is 10.4 Å². The van der Waals surface area contributed by atoms with Gasteiger partial charge in [0.15, 0.2) is 0 Å². The quantitative estimate of drug-likeness (QED) is 0.847. The number of aryl methyl sites for hydroxylation is 1. The molecule has 5 heteroatoms. The van der Waals surface area contributed by atoms with Gasteiger partial charge in [-0.15, -0.1) is 11.3 Å². The van der Waals surface area contributed by atoms with E-state index in [0.717, 1.165) is 4.88 Å². The average molecular weight is 287 g/mol. The first kappa shape index (κ1) is 14.0. The first-order valence-corrected chi connectivity index (χ1v) is 6.81. The van der Waals surface area contributed by atoms with E-state index >= 15 is 0 Å². The monoisotopic (exact) mass is 287 g/mol. The second-order valence-electron chi connectivity index (χ2n) is 4.17. The third-order valence-corrected chi connectivity index (χ3v) is 3.52. The second-order valence-corrected chi connectivity index (χ2v) is 5.15. The maximum absolute atomic E-state index is 11.7. The van der Waals surface area contributed by atoms with Gasteiger partial charge in [-0.3, -0.25) is 4.79 Å². The van der Waals surface area contributed by atoms with Gasteiger partial charge in [0.05, 0.1) is 5.56 Å². The molecule has 1 amide bonds. The van der Waals surface area contributed by atoms with Crippen LogP contribution >= 0.6 is 11.3 Å². The minimum Gasteiger partial charge on any atom is -0.478 e. The molecule has 0 aliphatic heterocycles. The first-order chi connectivity index (χ1) is 9.56. The molecule has 2 rings (SSSR count). The molecule has 0 radical (unpaired) electrons. The van der Waals surface area contributed by atoms with E-state index in [9.17, 15) is 9.59 Å². The fourth-order valence-electron chi connectivity index (χ4n) is 1.66. The van der Waals surface area contributed by atoms with Crippen LogP contribution in [0.5, 0.6) is 0 Å². The van der Waals surface area contributed by atoms with Crippen LogP contribution < -0.4 is 5.32 Å². The molecule has 0 spiro atoms. The number of hydrogen-bond donors (Lipinski definition) is 2. The average Bonchev–Trinajstić information content (AvgIpc) is 2.91. The van der Waals surface area contributed by atoms with E-state index in [-0.39, 0.29) is 11.5 Å². The summed E-state index contributed by atoms with van der Waals surface area (Å²) in [5, 5.41) is 13.6. The van der Waals surface area contributed by atoms with Crippen LogP contribution in [-0.4, -0.2) is 17.0 Å². The van der Waals surface area contributed by atoms with Crippen molar-refractivity contribution in [2.24, 2.45) is 0 Å². The predicted octanol–water partition coefficient (Wildman–Crippen LogP) is 3.41. The maximum Gasteiger partial charge on any atom is 0.336 e. The Balaban J connectivity index is 2.08. The van der Waals surface area contributed by atoms with E-state index in [4.69, 9.17) is 5.11 Å². The summed E-state index contributed by atoms with van der Waals surface area (Å²) in [5.74, 6) is -1.30. The van der Waals surface area contributed by atoms with Crippen molar-refractivity contribution in [3.8, 4) is 0 Å². The normalized spacial score (nSPS) is 10.7. The van der Waals surface area contributed by atoms with Gasteiger partial charge in [-0.1, -0.05) is 12.1 Å². The molecule has 4 nitrogen and oxygen atoms in total. The number of aromatic carboxylic acids is 1. The van der Waals surface area contributed by atoms with E-state index in [0.29, 0.717) is 11.3 Å². The summed E-state index contributed by atoms with van der Waals surface area (Å²) in [6.45, 7) is 1.71. The van der Waals surface area contributed by atoms with Crippen molar-refractivity contribution in [2.75, 3.05) is 5.32 Å². The Hall–Kier alpha value is -2.40. The highest BCUT2D eigenvalue weighted by Crippen LogP contribution is 2.16. The predicted molar refractivity (Wildman–Crippen MR) is 80.1 cm³/mol. The number of carbonyl (C=O) groups excluding carboxylic acids is 1. The number of thiophene rings is 1. The molecule has 0 unspecified atom stereocenters. The third kappa shape index (κ3) is 3.55. The van der Waals surface area contributed by atoms with Crippen molar-refractivity contribution < 1.29 is 14.7 Å². The Morgan fingerprint density at radius 1 is 1.30 bits per heavy atom. The lowest BCUT2D eigenvalue weighted by Crippen LogP contribution is -2.09. The van der Waals surface area contributed by atoms with Crippen LogP contribution in [0.2, 0.25) is 0 Å². The highest BCUT2D eigenvalue weighted by atomic mass is 32.1. The smallest absolute Gasteiger partial charge is 0.336 e. The summed E-state index contributed by atoms with van der Waals surface area (Å²) in [4.78, 5) is 23.7. The summed E-state index contributed by atoms with van der Waals surface area (Å²) in [6.07, 6.45) is 3.14. The SMILES string of the molecule is Cc1ccc(NC(=O)C=Cc2cccs2)cc1C(=O)O. The Morgan fingerprint density at radius 2 is 2.10 bits per heavy atom. The lowest BCUT2D eigenvalue weighted by atomic mass is 10.1. The van der Waals surface area contributed by atoms with Crippen molar-refractivity contribution in [1.82, 2.24) is 0 Å². The van der Waals surface area contributed by atoms with Crippen LogP contribution in [0.25, 0.3) is 6.08 Å². The maximum atomic E-state index is 11.7. The summed E-state index contributed by atoms with van der Waals surface area (Å²) in [5.41, 5.74) is 1.31. The van der Waals surface area contributed by atoms with E-state index in [2.05, 4.69) is 5.32 Å². The number of carboxylic acid groups (broad SMARTS) is 1. The summed E-state index contributed by atoms with van der Waals surface area (Å²) in [6, 6.07) is 8.61. The number of rotatable bonds is 4. The fourth-order valence-corrected chi connectivity index (χ4v) is 2.28. The van der Waals surface area contributed by atoms with Gasteiger partial charge in [-0.05, 0) is 42.1 Å². The number of amides is 1. The molecule has 1 aromatic heterocycles. The zero-order chi connectivity index (χ0) is 14.5. The standard InChI is InChI=1S/C15H13NO3S/c1-10-4-5-11(9-13(10)15(18)19)16-14(17)7-6-12-3-2-8-20-12/h2-9H,1H3,(H,16,17)(H,18,19). The van der Waals surface area contributed by atoms with Crippen molar-refractivity contribution in [3.05, 3.63) is 57.8 Å². The minimum atomic E-state index is -1.01. The first-order valence-electron chi connectivity index (χ1n) is 5.93. The number of nitrogens with one attached hydrogen (secondary N) is 1. The number of benzene rings is 1. The van der Waals surface area contributed by atoms with Gasteiger partial charge in [-0.2, -0.15) is 0 Å².